The molecule has 3 atom stereocenters. The second kappa shape index (κ2) is 10.5. The Morgan fingerprint density at radius 3 is 2.53 bits per heavy atom. The number of aromatic amines is 1. The van der Waals surface area contributed by atoms with Crippen LogP contribution in [0.3, 0.4) is 0 Å². The Morgan fingerprint density at radius 1 is 1.18 bits per heavy atom. The van der Waals surface area contributed by atoms with Crippen molar-refractivity contribution in [3.8, 4) is 0 Å². The average molecular weight is 470 g/mol. The summed E-state index contributed by atoms with van der Waals surface area (Å²) >= 11 is 0. The van der Waals surface area contributed by atoms with E-state index in [0.29, 0.717) is 24.9 Å². The standard InChI is InChI=1S/C24H31N5O5/c1-24(2,3)20(29-22(33)18-11-14-6-4-5-7-17(14)28-18)23(34)26-12-19(31)27-16(13-30)10-15-8-9-25-21(15)32/h4-7,11,13,15-16,20,28H,8-10,12H2,1-3H3,(H,25,32)(H,26,34)(H,27,31)(H,29,33). The largest absolute Gasteiger partial charge is 0.356 e. The molecule has 1 aliphatic rings. The van der Waals surface area contributed by atoms with E-state index in [-0.39, 0.29) is 24.8 Å². The van der Waals surface area contributed by atoms with Crippen LogP contribution in [0.15, 0.2) is 30.3 Å². The molecule has 2 aromatic rings. The minimum atomic E-state index is -0.914. The van der Waals surface area contributed by atoms with Crippen LogP contribution in [0.1, 0.15) is 44.1 Å². The summed E-state index contributed by atoms with van der Waals surface area (Å²) in [7, 11) is 0. The van der Waals surface area contributed by atoms with Crippen LogP contribution in [-0.4, -0.2) is 60.1 Å². The molecule has 0 bridgehead atoms. The number of benzene rings is 1. The summed E-state index contributed by atoms with van der Waals surface area (Å²) in [5.74, 6) is -1.97. The Labute approximate surface area is 197 Å². The van der Waals surface area contributed by atoms with Gasteiger partial charge in [0.15, 0.2) is 0 Å². The van der Waals surface area contributed by atoms with E-state index in [2.05, 4.69) is 26.3 Å². The molecule has 0 radical (unpaired) electrons. The molecule has 1 aromatic heterocycles. The van der Waals surface area contributed by atoms with Crippen LogP contribution in [0.5, 0.6) is 0 Å². The molecule has 1 fully saturated rings. The number of amides is 4. The molecular formula is C24H31N5O5. The zero-order valence-corrected chi connectivity index (χ0v) is 19.6. The minimum Gasteiger partial charge on any atom is -0.356 e. The molecule has 10 heteroatoms. The summed E-state index contributed by atoms with van der Waals surface area (Å²) in [5.41, 5.74) is 0.496. The van der Waals surface area contributed by atoms with Crippen molar-refractivity contribution in [3.05, 3.63) is 36.0 Å². The molecule has 1 saturated heterocycles. The van der Waals surface area contributed by atoms with E-state index in [4.69, 9.17) is 0 Å². The van der Waals surface area contributed by atoms with E-state index in [1.54, 1.807) is 26.8 Å². The molecule has 34 heavy (non-hydrogen) atoms. The number of rotatable bonds is 9. The fourth-order valence-electron chi connectivity index (χ4n) is 3.93. The second-order valence-electron chi connectivity index (χ2n) is 9.58. The lowest BCUT2D eigenvalue weighted by Gasteiger charge is -2.30. The molecule has 1 aromatic carbocycles. The van der Waals surface area contributed by atoms with Crippen molar-refractivity contribution < 1.29 is 24.0 Å². The zero-order chi connectivity index (χ0) is 24.9. The number of hydrogen-bond acceptors (Lipinski definition) is 5. The fraction of sp³-hybridized carbons (Fsp3) is 0.458. The van der Waals surface area contributed by atoms with E-state index in [1.807, 2.05) is 24.3 Å². The van der Waals surface area contributed by atoms with Crippen molar-refractivity contribution >= 4 is 40.8 Å². The number of aldehydes is 1. The number of carbonyl (C=O) groups is 5. The van der Waals surface area contributed by atoms with Crippen LogP contribution >= 0.6 is 0 Å². The second-order valence-corrected chi connectivity index (χ2v) is 9.58. The highest BCUT2D eigenvalue weighted by molar-refractivity contribution is 6.00. The molecule has 0 aliphatic carbocycles. The topological polar surface area (TPSA) is 149 Å². The van der Waals surface area contributed by atoms with Crippen molar-refractivity contribution in [2.24, 2.45) is 11.3 Å². The molecule has 4 amide bonds. The Kier molecular flexibility index (Phi) is 7.70. The third kappa shape index (κ3) is 6.21. The van der Waals surface area contributed by atoms with Gasteiger partial charge in [0.1, 0.15) is 18.0 Å². The van der Waals surface area contributed by atoms with E-state index in [0.717, 1.165) is 10.9 Å². The lowest BCUT2D eigenvalue weighted by Crippen LogP contribution is -2.55. The van der Waals surface area contributed by atoms with Gasteiger partial charge in [-0.1, -0.05) is 39.0 Å². The Balaban J connectivity index is 1.57. The number of fused-ring (bicyclic) bond motifs is 1. The highest BCUT2D eigenvalue weighted by Crippen LogP contribution is 2.21. The molecule has 3 unspecified atom stereocenters. The van der Waals surface area contributed by atoms with Gasteiger partial charge in [0.05, 0.1) is 12.6 Å². The lowest BCUT2D eigenvalue weighted by atomic mass is 9.86. The third-order valence-corrected chi connectivity index (χ3v) is 5.81. The van der Waals surface area contributed by atoms with Crippen LogP contribution in [0.2, 0.25) is 0 Å². The van der Waals surface area contributed by atoms with E-state index in [9.17, 15) is 24.0 Å². The van der Waals surface area contributed by atoms with Crippen molar-refractivity contribution in [2.45, 2.75) is 45.7 Å². The third-order valence-electron chi connectivity index (χ3n) is 5.81. The maximum atomic E-state index is 12.9. The highest BCUT2D eigenvalue weighted by atomic mass is 16.2. The number of H-pyrrole nitrogens is 1. The molecule has 0 saturated carbocycles. The van der Waals surface area contributed by atoms with E-state index in [1.165, 1.54) is 0 Å². The van der Waals surface area contributed by atoms with Gasteiger partial charge in [-0.25, -0.2) is 0 Å². The lowest BCUT2D eigenvalue weighted by molar-refractivity contribution is -0.129. The summed E-state index contributed by atoms with van der Waals surface area (Å²) in [4.78, 5) is 64.1. The van der Waals surface area contributed by atoms with Crippen molar-refractivity contribution in [1.29, 1.82) is 0 Å². The molecular weight excluding hydrogens is 438 g/mol. The molecule has 5 N–H and O–H groups in total. The zero-order valence-electron chi connectivity index (χ0n) is 19.6. The molecule has 3 rings (SSSR count). The number of nitrogens with one attached hydrogen (secondary N) is 5. The highest BCUT2D eigenvalue weighted by Gasteiger charge is 2.34. The van der Waals surface area contributed by atoms with Gasteiger partial charge in [0, 0.05) is 23.4 Å². The fourth-order valence-corrected chi connectivity index (χ4v) is 3.93. The predicted molar refractivity (Wildman–Crippen MR) is 126 cm³/mol. The summed E-state index contributed by atoms with van der Waals surface area (Å²) in [6, 6.07) is 7.42. The van der Waals surface area contributed by atoms with Gasteiger partial charge in [0.25, 0.3) is 5.91 Å². The number of hydrogen-bond donors (Lipinski definition) is 5. The maximum Gasteiger partial charge on any atom is 0.268 e. The number of aromatic nitrogens is 1. The number of carbonyl (C=O) groups excluding carboxylic acids is 5. The van der Waals surface area contributed by atoms with E-state index < -0.39 is 35.2 Å². The summed E-state index contributed by atoms with van der Waals surface area (Å²) in [5, 5.41) is 11.4. The van der Waals surface area contributed by atoms with Crippen molar-refractivity contribution in [2.75, 3.05) is 13.1 Å². The first-order valence-corrected chi connectivity index (χ1v) is 11.3. The van der Waals surface area contributed by atoms with Crippen LogP contribution in [-0.2, 0) is 19.2 Å². The van der Waals surface area contributed by atoms with Crippen LogP contribution in [0, 0.1) is 11.3 Å². The van der Waals surface area contributed by atoms with Crippen molar-refractivity contribution in [1.82, 2.24) is 26.3 Å². The first-order chi connectivity index (χ1) is 16.1. The molecule has 1 aliphatic heterocycles. The van der Waals surface area contributed by atoms with Crippen molar-refractivity contribution in [3.63, 3.8) is 0 Å². The Bertz CT molecular complexity index is 1050. The SMILES string of the molecule is CC(C)(C)C(NC(=O)c1cc2ccccc2[nH]1)C(=O)NCC(=O)NC(C=O)CC1CCNC1=O. The smallest absolute Gasteiger partial charge is 0.268 e. The van der Waals surface area contributed by atoms with Crippen LogP contribution < -0.4 is 21.3 Å². The van der Waals surface area contributed by atoms with Gasteiger partial charge >= 0.3 is 0 Å². The number of para-hydroxylation sites is 1. The van der Waals surface area contributed by atoms with Gasteiger partial charge in [-0.15, -0.1) is 0 Å². The molecule has 10 nitrogen and oxygen atoms in total. The quantitative estimate of drug-likeness (QED) is 0.342. The van der Waals surface area contributed by atoms with Gasteiger partial charge in [0.2, 0.25) is 17.7 Å². The predicted octanol–water partition coefficient (Wildman–Crippen LogP) is 0.639. The molecule has 0 spiro atoms. The summed E-state index contributed by atoms with van der Waals surface area (Å²) in [6.45, 7) is 5.60. The van der Waals surface area contributed by atoms with Gasteiger partial charge in [-0.2, -0.15) is 0 Å². The van der Waals surface area contributed by atoms with Gasteiger partial charge in [-0.05, 0) is 30.4 Å². The van der Waals surface area contributed by atoms with E-state index >= 15 is 0 Å². The first kappa shape index (κ1) is 24.9. The Morgan fingerprint density at radius 2 is 1.91 bits per heavy atom. The Hall–Kier alpha value is -3.69. The average Bonchev–Trinajstić information content (AvgIpc) is 3.40. The van der Waals surface area contributed by atoms with Crippen LogP contribution in [0.25, 0.3) is 10.9 Å². The van der Waals surface area contributed by atoms with Gasteiger partial charge < -0.3 is 31.0 Å². The maximum absolute atomic E-state index is 12.9. The molecule has 182 valence electrons. The van der Waals surface area contributed by atoms with Crippen LogP contribution in [0.4, 0.5) is 0 Å². The molecule has 2 heterocycles. The summed E-state index contributed by atoms with van der Waals surface area (Å²) < 4.78 is 0. The first-order valence-electron chi connectivity index (χ1n) is 11.3. The summed E-state index contributed by atoms with van der Waals surface area (Å²) in [6.07, 6.45) is 1.41. The minimum absolute atomic E-state index is 0.131. The monoisotopic (exact) mass is 469 g/mol. The normalized spacial score (nSPS) is 17.5. The van der Waals surface area contributed by atoms with Gasteiger partial charge in [-0.3, -0.25) is 19.2 Å².